The van der Waals surface area contributed by atoms with E-state index in [4.69, 9.17) is 22.4 Å². The molecule has 0 aliphatic carbocycles. The zero-order chi connectivity index (χ0) is 15.6. The quantitative estimate of drug-likeness (QED) is 0.656. The number of rotatable bonds is 4. The van der Waals surface area contributed by atoms with Gasteiger partial charge in [-0.05, 0) is 18.1 Å². The predicted molar refractivity (Wildman–Crippen MR) is 90.8 cm³/mol. The van der Waals surface area contributed by atoms with Gasteiger partial charge in [0, 0.05) is 22.2 Å². The molecule has 0 bridgehead atoms. The van der Waals surface area contributed by atoms with Crippen molar-refractivity contribution in [2.75, 3.05) is 0 Å². The fourth-order valence-corrected chi connectivity index (χ4v) is 3.45. The molecule has 1 aromatic heterocycles. The minimum absolute atomic E-state index is 0.0311. The van der Waals surface area contributed by atoms with Gasteiger partial charge in [0.15, 0.2) is 0 Å². The fourth-order valence-electron chi connectivity index (χ4n) is 2.12. The Labute approximate surface area is 135 Å². The molecule has 1 unspecified atom stereocenters. The Bertz CT molecular complexity index is 616. The first kappa shape index (κ1) is 16.4. The Morgan fingerprint density at radius 2 is 2.10 bits per heavy atom. The number of aromatic nitrogens is 1. The Morgan fingerprint density at radius 3 is 2.67 bits per heavy atom. The smallest absolute Gasteiger partial charge is 0.0948 e. The molecule has 0 fully saturated rings. The van der Waals surface area contributed by atoms with Crippen molar-refractivity contribution in [1.29, 1.82) is 0 Å². The minimum Gasteiger partial charge on any atom is -0.271 e. The Morgan fingerprint density at radius 1 is 1.38 bits per heavy atom. The maximum absolute atomic E-state index is 6.40. The summed E-state index contributed by atoms with van der Waals surface area (Å²) in [5, 5.41) is 3.97. The third-order valence-electron chi connectivity index (χ3n) is 3.50. The second-order valence-electron chi connectivity index (χ2n) is 6.28. The summed E-state index contributed by atoms with van der Waals surface area (Å²) in [6.45, 7) is 8.51. The van der Waals surface area contributed by atoms with Crippen molar-refractivity contribution in [3.63, 3.8) is 0 Å². The molecule has 3 nitrogen and oxygen atoms in total. The molecule has 0 saturated carbocycles. The molecule has 0 saturated heterocycles. The van der Waals surface area contributed by atoms with Crippen molar-refractivity contribution < 1.29 is 0 Å². The van der Waals surface area contributed by atoms with Gasteiger partial charge < -0.3 is 0 Å². The fraction of sp³-hybridized carbons (Fsp3) is 0.438. The number of nitrogens with one attached hydrogen (secondary N) is 1. The standard InChI is InChI=1S/C16H22ClN3S/c1-10-6-5-7-11(15(10)17)12(20-18)8-14-19-13(9-21-14)16(2,3)4/h5-7,9,12,20H,8,18H2,1-4H3. The summed E-state index contributed by atoms with van der Waals surface area (Å²) in [6.07, 6.45) is 0.737. The highest BCUT2D eigenvalue weighted by atomic mass is 35.5. The second-order valence-corrected chi connectivity index (χ2v) is 7.60. The molecule has 5 heteroatoms. The molecule has 3 N–H and O–H groups in total. The highest BCUT2D eigenvalue weighted by Crippen LogP contribution is 2.30. The average Bonchev–Trinajstić information content (AvgIpc) is 2.88. The number of halogens is 1. The highest BCUT2D eigenvalue weighted by Gasteiger charge is 2.20. The summed E-state index contributed by atoms with van der Waals surface area (Å²) < 4.78 is 0. The van der Waals surface area contributed by atoms with Crippen molar-refractivity contribution in [3.8, 4) is 0 Å². The average molecular weight is 324 g/mol. The molecule has 114 valence electrons. The molecule has 0 aliphatic heterocycles. The minimum atomic E-state index is -0.0311. The van der Waals surface area contributed by atoms with E-state index >= 15 is 0 Å². The van der Waals surface area contributed by atoms with Gasteiger partial charge in [-0.2, -0.15) is 0 Å². The first-order valence-corrected chi connectivity index (χ1v) is 8.24. The van der Waals surface area contributed by atoms with Gasteiger partial charge in [0.2, 0.25) is 0 Å². The highest BCUT2D eigenvalue weighted by molar-refractivity contribution is 7.09. The van der Waals surface area contributed by atoms with Gasteiger partial charge in [-0.1, -0.05) is 50.6 Å². The summed E-state index contributed by atoms with van der Waals surface area (Å²) >= 11 is 8.07. The van der Waals surface area contributed by atoms with Crippen LogP contribution in [0.2, 0.25) is 5.02 Å². The number of nitrogens with zero attached hydrogens (tertiary/aromatic N) is 1. The molecule has 2 aromatic rings. The zero-order valence-electron chi connectivity index (χ0n) is 12.9. The van der Waals surface area contributed by atoms with Gasteiger partial charge in [0.25, 0.3) is 0 Å². The zero-order valence-corrected chi connectivity index (χ0v) is 14.5. The van der Waals surface area contributed by atoms with Crippen molar-refractivity contribution in [2.24, 2.45) is 5.84 Å². The topological polar surface area (TPSA) is 50.9 Å². The third kappa shape index (κ3) is 3.83. The third-order valence-corrected chi connectivity index (χ3v) is 4.88. The van der Waals surface area contributed by atoms with E-state index < -0.39 is 0 Å². The Balaban J connectivity index is 2.23. The molecule has 0 spiro atoms. The molecule has 1 aromatic carbocycles. The van der Waals surface area contributed by atoms with E-state index in [0.29, 0.717) is 0 Å². The van der Waals surface area contributed by atoms with Crippen LogP contribution in [0.15, 0.2) is 23.6 Å². The van der Waals surface area contributed by atoms with E-state index in [1.807, 2.05) is 25.1 Å². The van der Waals surface area contributed by atoms with E-state index in [2.05, 4.69) is 31.6 Å². The van der Waals surface area contributed by atoms with Crippen LogP contribution in [0.25, 0.3) is 0 Å². The molecule has 0 amide bonds. The van der Waals surface area contributed by atoms with Crippen LogP contribution < -0.4 is 11.3 Å². The van der Waals surface area contributed by atoms with E-state index in [9.17, 15) is 0 Å². The maximum Gasteiger partial charge on any atom is 0.0948 e. The number of hydrogen-bond acceptors (Lipinski definition) is 4. The van der Waals surface area contributed by atoms with Crippen LogP contribution >= 0.6 is 22.9 Å². The van der Waals surface area contributed by atoms with E-state index in [1.165, 1.54) is 0 Å². The van der Waals surface area contributed by atoms with Crippen LogP contribution in [-0.4, -0.2) is 4.98 Å². The molecule has 0 aliphatic rings. The lowest BCUT2D eigenvalue weighted by atomic mass is 9.93. The lowest BCUT2D eigenvalue weighted by Crippen LogP contribution is -2.30. The summed E-state index contributed by atoms with van der Waals surface area (Å²) in [6, 6.07) is 5.98. The van der Waals surface area contributed by atoms with Crippen LogP contribution in [0, 0.1) is 6.92 Å². The van der Waals surface area contributed by atoms with Gasteiger partial charge >= 0.3 is 0 Å². The van der Waals surface area contributed by atoms with Crippen molar-refractivity contribution in [3.05, 3.63) is 50.4 Å². The predicted octanol–water partition coefficient (Wildman–Crippen LogP) is 4.15. The number of hydrazine groups is 1. The molecule has 1 heterocycles. The summed E-state index contributed by atoms with van der Waals surface area (Å²) in [5.41, 5.74) is 6.13. The summed E-state index contributed by atoms with van der Waals surface area (Å²) in [7, 11) is 0. The van der Waals surface area contributed by atoms with Gasteiger partial charge in [-0.25, -0.2) is 4.98 Å². The first-order valence-electron chi connectivity index (χ1n) is 6.99. The molecule has 21 heavy (non-hydrogen) atoms. The van der Waals surface area contributed by atoms with E-state index in [1.54, 1.807) is 11.3 Å². The summed E-state index contributed by atoms with van der Waals surface area (Å²) in [5.74, 6) is 5.73. The number of aryl methyl sites for hydroxylation is 1. The van der Waals surface area contributed by atoms with Crippen LogP contribution in [0.3, 0.4) is 0 Å². The monoisotopic (exact) mass is 323 g/mol. The van der Waals surface area contributed by atoms with E-state index in [-0.39, 0.29) is 11.5 Å². The molecule has 0 radical (unpaired) electrons. The lowest BCUT2D eigenvalue weighted by molar-refractivity contribution is 0.541. The van der Waals surface area contributed by atoms with Crippen LogP contribution in [-0.2, 0) is 11.8 Å². The number of thiazole rings is 1. The number of hydrogen-bond donors (Lipinski definition) is 2. The molecule has 2 rings (SSSR count). The van der Waals surface area contributed by atoms with Crippen molar-refractivity contribution in [2.45, 2.75) is 45.6 Å². The van der Waals surface area contributed by atoms with Crippen molar-refractivity contribution in [1.82, 2.24) is 10.4 Å². The Hall–Kier alpha value is -0.940. The molecular weight excluding hydrogens is 302 g/mol. The van der Waals surface area contributed by atoms with Gasteiger partial charge in [0.1, 0.15) is 0 Å². The largest absolute Gasteiger partial charge is 0.271 e. The van der Waals surface area contributed by atoms with Crippen molar-refractivity contribution >= 4 is 22.9 Å². The Kier molecular flexibility index (Phi) is 5.04. The van der Waals surface area contributed by atoms with Gasteiger partial charge in [-0.15, -0.1) is 11.3 Å². The van der Waals surface area contributed by atoms with Crippen LogP contribution in [0.4, 0.5) is 0 Å². The second kappa shape index (κ2) is 6.44. The maximum atomic E-state index is 6.40. The molecule has 1 atom stereocenters. The van der Waals surface area contributed by atoms with E-state index in [0.717, 1.165) is 33.3 Å². The molecular formula is C16H22ClN3S. The van der Waals surface area contributed by atoms with Crippen LogP contribution in [0.1, 0.15) is 48.6 Å². The normalized spacial score (nSPS) is 13.4. The SMILES string of the molecule is Cc1cccc(C(Cc2nc(C(C)(C)C)cs2)NN)c1Cl. The summed E-state index contributed by atoms with van der Waals surface area (Å²) in [4.78, 5) is 4.73. The van der Waals surface area contributed by atoms with Crippen LogP contribution in [0.5, 0.6) is 0 Å². The van der Waals surface area contributed by atoms with Gasteiger partial charge in [0.05, 0.1) is 16.7 Å². The first-order chi connectivity index (χ1) is 9.82. The number of benzene rings is 1. The number of nitrogens with two attached hydrogens (primary N) is 1. The lowest BCUT2D eigenvalue weighted by Gasteiger charge is -2.18. The van der Waals surface area contributed by atoms with Gasteiger partial charge in [-0.3, -0.25) is 11.3 Å².